The molecule has 0 aliphatic carbocycles. The molecular formula is C27H28BrClN2O5S. The Morgan fingerprint density at radius 1 is 1.00 bits per heavy atom. The minimum Gasteiger partial charge on any atom is -0.462 e. The molecule has 0 atom stereocenters. The minimum absolute atomic E-state index is 0. The molecule has 0 N–H and O–H groups in total. The maximum absolute atomic E-state index is 13.2. The Morgan fingerprint density at radius 2 is 1.65 bits per heavy atom. The molecule has 0 saturated heterocycles. The molecule has 0 spiro atoms. The van der Waals surface area contributed by atoms with E-state index in [1.165, 1.54) is 12.1 Å². The van der Waals surface area contributed by atoms with Crippen molar-refractivity contribution in [1.29, 1.82) is 0 Å². The zero-order chi connectivity index (χ0) is 26.0. The predicted octanol–water partition coefficient (Wildman–Crippen LogP) is 6.13. The predicted molar refractivity (Wildman–Crippen MR) is 151 cm³/mol. The second-order valence-corrected chi connectivity index (χ2v) is 11.1. The van der Waals surface area contributed by atoms with E-state index in [1.807, 2.05) is 54.8 Å². The van der Waals surface area contributed by atoms with Gasteiger partial charge in [-0.2, -0.15) is 8.42 Å². The fourth-order valence-corrected chi connectivity index (χ4v) is 5.21. The lowest BCUT2D eigenvalue weighted by Crippen LogP contribution is -2.17. The Hall–Kier alpha value is -2.85. The number of rotatable bonds is 8. The Morgan fingerprint density at radius 3 is 2.24 bits per heavy atom. The van der Waals surface area contributed by atoms with Crippen LogP contribution in [0, 0.1) is 6.92 Å². The van der Waals surface area contributed by atoms with E-state index in [2.05, 4.69) is 15.9 Å². The van der Waals surface area contributed by atoms with Gasteiger partial charge < -0.3 is 18.4 Å². The van der Waals surface area contributed by atoms with E-state index in [9.17, 15) is 13.2 Å². The first-order chi connectivity index (χ1) is 17.1. The van der Waals surface area contributed by atoms with Gasteiger partial charge in [0, 0.05) is 22.1 Å². The Balaban J connectivity index is 0.00000380. The van der Waals surface area contributed by atoms with Crippen molar-refractivity contribution in [2.45, 2.75) is 25.3 Å². The monoisotopic (exact) mass is 606 g/mol. The molecule has 4 rings (SSSR count). The Bertz CT molecular complexity index is 1520. The number of nitrogens with zero attached hydrogens (tertiary/aromatic N) is 2. The van der Waals surface area contributed by atoms with Crippen molar-refractivity contribution in [3.05, 3.63) is 88.0 Å². The van der Waals surface area contributed by atoms with Gasteiger partial charge in [0.1, 0.15) is 10.6 Å². The molecule has 7 nitrogen and oxygen atoms in total. The fraction of sp³-hybridized carbons (Fsp3) is 0.222. The molecule has 0 aliphatic rings. The second kappa shape index (κ2) is 11.7. The van der Waals surface area contributed by atoms with Crippen molar-refractivity contribution < 1.29 is 22.1 Å². The third-order valence-electron chi connectivity index (χ3n) is 5.58. The maximum atomic E-state index is 13.2. The molecule has 3 aromatic carbocycles. The average molecular weight is 608 g/mol. The van der Waals surface area contributed by atoms with Gasteiger partial charge in [0.25, 0.3) is 0 Å². The van der Waals surface area contributed by atoms with Gasteiger partial charge in [-0.1, -0.05) is 33.6 Å². The summed E-state index contributed by atoms with van der Waals surface area (Å²) in [6.45, 7) is 4.30. The smallest absolute Gasteiger partial charge is 0.340 e. The highest BCUT2D eigenvalue weighted by molar-refractivity contribution is 9.10. The van der Waals surface area contributed by atoms with Crippen LogP contribution in [0.5, 0.6) is 5.75 Å². The van der Waals surface area contributed by atoms with Gasteiger partial charge in [-0.05, 0) is 82.5 Å². The van der Waals surface area contributed by atoms with E-state index >= 15 is 0 Å². The number of hydrogen-bond acceptors (Lipinski definition) is 6. The summed E-state index contributed by atoms with van der Waals surface area (Å²) in [5, 5.41) is 0.546. The lowest BCUT2D eigenvalue weighted by atomic mass is 10.1. The van der Waals surface area contributed by atoms with Crippen LogP contribution in [0.2, 0.25) is 0 Å². The van der Waals surface area contributed by atoms with Crippen molar-refractivity contribution in [3.63, 3.8) is 0 Å². The van der Waals surface area contributed by atoms with Crippen LogP contribution in [0.4, 0.5) is 0 Å². The van der Waals surface area contributed by atoms with Crippen LogP contribution in [-0.4, -0.2) is 44.6 Å². The fourth-order valence-electron chi connectivity index (χ4n) is 4.02. The van der Waals surface area contributed by atoms with Crippen molar-refractivity contribution >= 4 is 55.3 Å². The molecule has 0 fully saturated rings. The van der Waals surface area contributed by atoms with Gasteiger partial charge in [-0.3, -0.25) is 0 Å². The van der Waals surface area contributed by atoms with Crippen molar-refractivity contribution in [3.8, 4) is 11.4 Å². The number of benzene rings is 3. The number of carbonyl (C=O) groups is 1. The van der Waals surface area contributed by atoms with Crippen molar-refractivity contribution in [2.75, 3.05) is 20.7 Å². The largest absolute Gasteiger partial charge is 0.462 e. The molecule has 0 radical (unpaired) electrons. The molecule has 1 heterocycles. The molecule has 1 aromatic heterocycles. The molecule has 0 unspecified atom stereocenters. The lowest BCUT2D eigenvalue weighted by Gasteiger charge is -2.16. The van der Waals surface area contributed by atoms with Crippen LogP contribution >= 0.6 is 28.3 Å². The average Bonchev–Trinajstić information content (AvgIpc) is 3.12. The van der Waals surface area contributed by atoms with Crippen molar-refractivity contribution in [1.82, 2.24) is 9.47 Å². The third-order valence-corrected chi connectivity index (χ3v) is 7.37. The lowest BCUT2D eigenvalue weighted by molar-refractivity contribution is 0.0526. The van der Waals surface area contributed by atoms with E-state index in [4.69, 9.17) is 8.92 Å². The zero-order valence-corrected chi connectivity index (χ0v) is 24.1. The first kappa shape index (κ1) is 28.7. The first-order valence-corrected chi connectivity index (χ1v) is 13.6. The summed E-state index contributed by atoms with van der Waals surface area (Å²) >= 11 is 3.47. The van der Waals surface area contributed by atoms with Gasteiger partial charge >= 0.3 is 16.1 Å². The van der Waals surface area contributed by atoms with Crippen LogP contribution in [0.25, 0.3) is 16.6 Å². The highest BCUT2D eigenvalue weighted by Gasteiger charge is 2.26. The summed E-state index contributed by atoms with van der Waals surface area (Å²) < 4.78 is 39.6. The van der Waals surface area contributed by atoms with Gasteiger partial charge in [0.2, 0.25) is 0 Å². The highest BCUT2D eigenvalue weighted by atomic mass is 79.9. The molecule has 37 heavy (non-hydrogen) atoms. The molecular weight excluding hydrogens is 580 g/mol. The van der Waals surface area contributed by atoms with Gasteiger partial charge in [-0.15, -0.1) is 12.4 Å². The van der Waals surface area contributed by atoms with E-state index in [1.54, 1.807) is 37.3 Å². The summed E-state index contributed by atoms with van der Waals surface area (Å²) in [5.41, 5.74) is 3.64. The van der Waals surface area contributed by atoms with Crippen LogP contribution < -0.4 is 4.18 Å². The van der Waals surface area contributed by atoms with E-state index in [0.717, 1.165) is 26.9 Å². The molecule has 4 aromatic rings. The van der Waals surface area contributed by atoms with Crippen LogP contribution in [0.3, 0.4) is 0 Å². The first-order valence-electron chi connectivity index (χ1n) is 11.4. The number of fused-ring (bicyclic) bond motifs is 1. The number of esters is 1. The van der Waals surface area contributed by atoms with Crippen LogP contribution in [-0.2, 0) is 21.4 Å². The van der Waals surface area contributed by atoms with Gasteiger partial charge in [0.15, 0.2) is 0 Å². The standard InChI is InChI=1S/C27H27BrN2O5S.ClH/c1-5-34-27(31)26-23-16-21(35-36(32,33)22-13-6-18(2)7-14-22)12-15-24(23)30(25(26)17-29(3)4)20-10-8-19(28)9-11-20;/h6-16H,5,17H2,1-4H3;1H. The van der Waals surface area contributed by atoms with Crippen LogP contribution in [0.15, 0.2) is 76.1 Å². The molecule has 0 saturated carbocycles. The third kappa shape index (κ3) is 6.18. The maximum Gasteiger partial charge on any atom is 0.340 e. The second-order valence-electron chi connectivity index (χ2n) is 8.62. The molecule has 0 amide bonds. The SMILES string of the molecule is CCOC(=O)c1c(CN(C)C)n(-c2ccc(Br)cc2)c2ccc(OS(=O)(=O)c3ccc(C)cc3)cc12.Cl. The van der Waals surface area contributed by atoms with Crippen molar-refractivity contribution in [2.24, 2.45) is 0 Å². The summed E-state index contributed by atoms with van der Waals surface area (Å²) in [4.78, 5) is 15.2. The summed E-state index contributed by atoms with van der Waals surface area (Å²) in [6, 6.07) is 19.1. The van der Waals surface area contributed by atoms with E-state index in [-0.39, 0.29) is 29.7 Å². The topological polar surface area (TPSA) is 77.8 Å². The molecule has 0 bridgehead atoms. The normalized spacial score (nSPS) is 11.4. The van der Waals surface area contributed by atoms with Gasteiger partial charge in [0.05, 0.1) is 23.4 Å². The minimum atomic E-state index is -4.06. The van der Waals surface area contributed by atoms with Gasteiger partial charge in [-0.25, -0.2) is 4.79 Å². The zero-order valence-electron chi connectivity index (χ0n) is 20.9. The highest BCUT2D eigenvalue weighted by Crippen LogP contribution is 2.35. The Labute approximate surface area is 231 Å². The molecule has 0 aliphatic heterocycles. The van der Waals surface area contributed by atoms with E-state index in [0.29, 0.717) is 17.5 Å². The number of ether oxygens (including phenoxy) is 1. The number of halogens is 2. The number of carbonyl (C=O) groups excluding carboxylic acids is 1. The van der Waals surface area contributed by atoms with Crippen LogP contribution in [0.1, 0.15) is 28.5 Å². The summed E-state index contributed by atoms with van der Waals surface area (Å²) in [5.74, 6) is -0.369. The summed E-state index contributed by atoms with van der Waals surface area (Å²) in [7, 11) is -0.222. The number of aromatic nitrogens is 1. The number of aryl methyl sites for hydroxylation is 1. The molecule has 196 valence electrons. The number of hydrogen-bond donors (Lipinski definition) is 0. The molecule has 10 heteroatoms. The summed E-state index contributed by atoms with van der Waals surface area (Å²) in [6.07, 6.45) is 0. The quantitative estimate of drug-likeness (QED) is 0.177. The Kier molecular flexibility index (Phi) is 9.07. The van der Waals surface area contributed by atoms with E-state index < -0.39 is 16.1 Å².